The fourth-order valence-corrected chi connectivity index (χ4v) is 3.36. The van der Waals surface area contributed by atoms with Crippen LogP contribution in [0.1, 0.15) is 23.0 Å². The summed E-state index contributed by atoms with van der Waals surface area (Å²) in [5.41, 5.74) is 3.47. The molecule has 0 spiro atoms. The Morgan fingerprint density at radius 1 is 0.938 bits per heavy atom. The summed E-state index contributed by atoms with van der Waals surface area (Å²) in [6.07, 6.45) is 3.30. The molecule has 160 valence electrons. The van der Waals surface area contributed by atoms with Gasteiger partial charge in [0.2, 0.25) is 0 Å². The first-order valence-electron chi connectivity index (χ1n) is 10.1. The van der Waals surface area contributed by atoms with Crippen LogP contribution in [-0.2, 0) is 11.8 Å². The van der Waals surface area contributed by atoms with Crippen molar-refractivity contribution < 1.29 is 9.53 Å². The van der Waals surface area contributed by atoms with Crippen molar-refractivity contribution in [1.82, 2.24) is 24.7 Å². The average Bonchev–Trinajstić information content (AvgIpc) is 2.83. The molecule has 0 N–H and O–H groups in total. The van der Waals surface area contributed by atoms with Gasteiger partial charge in [0.25, 0.3) is 5.56 Å². The summed E-state index contributed by atoms with van der Waals surface area (Å²) in [7, 11) is 1.62. The number of aromatic nitrogens is 5. The van der Waals surface area contributed by atoms with Crippen LogP contribution in [0.3, 0.4) is 0 Å². The van der Waals surface area contributed by atoms with Crippen LogP contribution < -0.4 is 5.56 Å². The third-order valence-electron chi connectivity index (χ3n) is 5.13. The lowest BCUT2D eigenvalue weighted by Gasteiger charge is -2.15. The van der Waals surface area contributed by atoms with E-state index in [1.54, 1.807) is 63.6 Å². The number of rotatable bonds is 5. The summed E-state index contributed by atoms with van der Waals surface area (Å²) in [6, 6.07) is 14.2. The molecule has 4 aromatic rings. The predicted molar refractivity (Wildman–Crippen MR) is 120 cm³/mol. The Balaban J connectivity index is 2.01. The van der Waals surface area contributed by atoms with Gasteiger partial charge in [-0.1, -0.05) is 12.1 Å². The highest BCUT2D eigenvalue weighted by Crippen LogP contribution is 2.30. The summed E-state index contributed by atoms with van der Waals surface area (Å²) in [5.74, 6) is -0.492. The smallest absolute Gasteiger partial charge is 0.339 e. The Hall–Kier alpha value is -4.20. The molecular formula is C24H21N5O3. The maximum atomic E-state index is 13.3. The molecule has 0 aromatic carbocycles. The Labute approximate surface area is 184 Å². The highest BCUT2D eigenvalue weighted by molar-refractivity contribution is 5.93. The van der Waals surface area contributed by atoms with E-state index in [0.29, 0.717) is 45.2 Å². The number of hydrogen-bond donors (Lipinski definition) is 0. The van der Waals surface area contributed by atoms with Crippen LogP contribution in [-0.4, -0.2) is 37.3 Å². The van der Waals surface area contributed by atoms with E-state index in [9.17, 15) is 9.59 Å². The highest BCUT2D eigenvalue weighted by atomic mass is 16.5. The van der Waals surface area contributed by atoms with Gasteiger partial charge in [-0.15, -0.1) is 10.2 Å². The third kappa shape index (κ3) is 3.90. The number of ether oxygens (including phenoxy) is 1. The molecule has 0 saturated heterocycles. The molecule has 4 rings (SSSR count). The number of pyridine rings is 3. The molecule has 0 radical (unpaired) electrons. The molecule has 0 saturated carbocycles. The minimum absolute atomic E-state index is 0.232. The average molecular weight is 427 g/mol. The maximum Gasteiger partial charge on any atom is 0.339 e. The molecule has 0 bridgehead atoms. The van der Waals surface area contributed by atoms with E-state index < -0.39 is 5.97 Å². The molecule has 0 atom stereocenters. The number of nitrogens with zero attached hydrogens (tertiary/aromatic N) is 5. The first kappa shape index (κ1) is 21.0. The van der Waals surface area contributed by atoms with Crippen molar-refractivity contribution >= 4 is 5.97 Å². The van der Waals surface area contributed by atoms with Gasteiger partial charge in [0.05, 0.1) is 29.1 Å². The van der Waals surface area contributed by atoms with E-state index in [1.807, 2.05) is 18.2 Å². The second-order valence-corrected chi connectivity index (χ2v) is 7.06. The van der Waals surface area contributed by atoms with Crippen molar-refractivity contribution in [2.45, 2.75) is 13.8 Å². The second kappa shape index (κ2) is 8.89. The molecule has 0 amide bonds. The third-order valence-corrected chi connectivity index (χ3v) is 5.13. The normalized spacial score (nSPS) is 10.7. The molecule has 0 unspecified atom stereocenters. The van der Waals surface area contributed by atoms with Crippen LogP contribution in [0.2, 0.25) is 0 Å². The number of carbonyl (C=O) groups is 1. The van der Waals surface area contributed by atoms with Crippen LogP contribution in [0.15, 0.2) is 65.7 Å². The van der Waals surface area contributed by atoms with Crippen molar-refractivity contribution in [3.05, 3.63) is 82.5 Å². The largest absolute Gasteiger partial charge is 0.462 e. The fraction of sp³-hybridized carbons (Fsp3) is 0.167. The van der Waals surface area contributed by atoms with Crippen LogP contribution in [0.5, 0.6) is 0 Å². The van der Waals surface area contributed by atoms with Gasteiger partial charge in [0, 0.05) is 30.7 Å². The number of esters is 1. The topological polar surface area (TPSA) is 99.9 Å². The van der Waals surface area contributed by atoms with E-state index in [0.717, 1.165) is 0 Å². The molecule has 4 heterocycles. The van der Waals surface area contributed by atoms with E-state index in [2.05, 4.69) is 20.2 Å². The molecule has 8 nitrogen and oxygen atoms in total. The van der Waals surface area contributed by atoms with Crippen LogP contribution >= 0.6 is 0 Å². The molecule has 4 aromatic heterocycles. The lowest BCUT2D eigenvalue weighted by Crippen LogP contribution is -2.24. The van der Waals surface area contributed by atoms with Crippen molar-refractivity contribution in [1.29, 1.82) is 0 Å². The Morgan fingerprint density at radius 3 is 2.25 bits per heavy atom. The molecule has 32 heavy (non-hydrogen) atoms. The lowest BCUT2D eigenvalue weighted by molar-refractivity contribution is 0.0524. The van der Waals surface area contributed by atoms with Gasteiger partial charge in [-0.25, -0.2) is 4.79 Å². The summed E-state index contributed by atoms with van der Waals surface area (Å²) in [4.78, 5) is 34.6. The summed E-state index contributed by atoms with van der Waals surface area (Å²) < 4.78 is 6.63. The van der Waals surface area contributed by atoms with E-state index in [1.165, 1.54) is 4.57 Å². The SMILES string of the molecule is CCOC(=O)c1cc(-c2cc(-c3ccccn3)nnc2-c2ccccn2)c(=O)n(C)c1C. The monoisotopic (exact) mass is 427 g/mol. The number of hydrogen-bond acceptors (Lipinski definition) is 7. The standard InChI is InChI=1S/C24H21N5O3/c1-4-32-24(31)16-13-18(23(30)29(3)15(16)2)17-14-21(19-9-5-7-11-25-19)27-28-22(17)20-10-6-8-12-26-20/h5-14H,4H2,1-3H3. The van der Waals surface area contributed by atoms with Crippen LogP contribution in [0.25, 0.3) is 33.9 Å². The summed E-state index contributed by atoms with van der Waals surface area (Å²) in [6.45, 7) is 3.68. The predicted octanol–water partition coefficient (Wildman–Crippen LogP) is 3.45. The highest BCUT2D eigenvalue weighted by Gasteiger charge is 2.21. The first-order chi connectivity index (χ1) is 15.5. The van der Waals surface area contributed by atoms with Crippen LogP contribution in [0, 0.1) is 6.92 Å². The van der Waals surface area contributed by atoms with Gasteiger partial charge in [-0.3, -0.25) is 14.8 Å². The van der Waals surface area contributed by atoms with E-state index in [4.69, 9.17) is 4.74 Å². The Bertz CT molecular complexity index is 1340. The molecule has 0 aliphatic rings. The van der Waals surface area contributed by atoms with Crippen LogP contribution in [0.4, 0.5) is 0 Å². The molecule has 8 heteroatoms. The molecule has 0 fully saturated rings. The van der Waals surface area contributed by atoms with E-state index in [-0.39, 0.29) is 12.2 Å². The number of carbonyl (C=O) groups excluding carboxylic acids is 1. The maximum absolute atomic E-state index is 13.3. The Morgan fingerprint density at radius 2 is 1.62 bits per heavy atom. The molecule has 0 aliphatic carbocycles. The zero-order valence-corrected chi connectivity index (χ0v) is 17.9. The molecular weight excluding hydrogens is 406 g/mol. The van der Waals surface area contributed by atoms with Crippen molar-refractivity contribution in [3.8, 4) is 33.9 Å². The van der Waals surface area contributed by atoms with Crippen molar-refractivity contribution in [3.63, 3.8) is 0 Å². The van der Waals surface area contributed by atoms with Gasteiger partial charge in [0.15, 0.2) is 0 Å². The quantitative estimate of drug-likeness (QED) is 0.450. The first-order valence-corrected chi connectivity index (χ1v) is 10.1. The van der Waals surface area contributed by atoms with Gasteiger partial charge in [-0.2, -0.15) is 0 Å². The minimum Gasteiger partial charge on any atom is -0.462 e. The van der Waals surface area contributed by atoms with Gasteiger partial charge in [-0.05, 0) is 50.2 Å². The van der Waals surface area contributed by atoms with Gasteiger partial charge >= 0.3 is 5.97 Å². The fourth-order valence-electron chi connectivity index (χ4n) is 3.36. The zero-order valence-electron chi connectivity index (χ0n) is 17.9. The van der Waals surface area contributed by atoms with Gasteiger partial charge < -0.3 is 9.30 Å². The molecule has 0 aliphatic heterocycles. The van der Waals surface area contributed by atoms with Crippen molar-refractivity contribution in [2.24, 2.45) is 7.05 Å². The van der Waals surface area contributed by atoms with Crippen molar-refractivity contribution in [2.75, 3.05) is 6.61 Å². The van der Waals surface area contributed by atoms with E-state index >= 15 is 0 Å². The van der Waals surface area contributed by atoms with Gasteiger partial charge in [0.1, 0.15) is 11.4 Å². The second-order valence-electron chi connectivity index (χ2n) is 7.06. The minimum atomic E-state index is -0.492. The zero-order chi connectivity index (χ0) is 22.7. The summed E-state index contributed by atoms with van der Waals surface area (Å²) in [5, 5.41) is 8.70. The Kier molecular flexibility index (Phi) is 5.85. The lowest BCUT2D eigenvalue weighted by atomic mass is 9.99. The summed E-state index contributed by atoms with van der Waals surface area (Å²) >= 11 is 0.